The maximum absolute atomic E-state index is 14.1. The second-order valence-corrected chi connectivity index (χ2v) is 13.7. The van der Waals surface area contributed by atoms with Crippen molar-refractivity contribution < 1.29 is 28.9 Å². The Morgan fingerprint density at radius 3 is 2.38 bits per heavy atom. The van der Waals surface area contributed by atoms with E-state index in [9.17, 15) is 14.7 Å². The van der Waals surface area contributed by atoms with Crippen LogP contribution >= 0.6 is 11.3 Å². The number of anilines is 1. The third-order valence-electron chi connectivity index (χ3n) is 8.87. The largest absolute Gasteiger partial charge is 0.477 e. The number of hydrogen-bond acceptors (Lipinski definition) is 6. The number of thiophene rings is 1. The molecule has 1 amide bonds. The first-order valence-corrected chi connectivity index (χ1v) is 15.0. The molecule has 37 heavy (non-hydrogen) atoms. The lowest BCUT2D eigenvalue weighted by Gasteiger charge is -2.40. The van der Waals surface area contributed by atoms with E-state index in [0.29, 0.717) is 24.1 Å². The molecule has 1 N–H and O–H groups in total. The van der Waals surface area contributed by atoms with Crippen molar-refractivity contribution in [3.63, 3.8) is 0 Å². The zero-order valence-electron chi connectivity index (χ0n) is 22.7. The van der Waals surface area contributed by atoms with Gasteiger partial charge in [-0.25, -0.2) is 4.79 Å². The second-order valence-electron chi connectivity index (χ2n) is 12.7. The number of aromatic carboxylic acids is 1. The van der Waals surface area contributed by atoms with Crippen LogP contribution in [0.2, 0.25) is 0 Å². The summed E-state index contributed by atoms with van der Waals surface area (Å²) in [6, 6.07) is 1.98. The highest BCUT2D eigenvalue weighted by Crippen LogP contribution is 2.42. The van der Waals surface area contributed by atoms with Gasteiger partial charge < -0.3 is 24.2 Å². The molecule has 2 saturated carbocycles. The lowest BCUT2D eigenvalue weighted by Crippen LogP contribution is -2.47. The standard InChI is InChI=1S/C29H43NO6S/c1-17-5-7-18(8-6-17)26(31)30(22-15-24(29(2,3)4)37-25(22)27(32)33)19-9-11-20(12-10-19)36-23-16-35-28-21(23)13-14-34-28/h15,17-21,23,28H,5-14,16H2,1-4H3,(H,32,33)/t17-,18-,19-,20-,21-,23+,28+/m0/s1. The number of carbonyl (C=O) groups excluding carboxylic acids is 1. The van der Waals surface area contributed by atoms with E-state index in [2.05, 4.69) is 27.7 Å². The molecular formula is C29H43NO6S. The molecule has 8 heteroatoms. The molecule has 1 aromatic heterocycles. The van der Waals surface area contributed by atoms with Gasteiger partial charge in [0.25, 0.3) is 0 Å². The molecule has 1 aromatic rings. The molecule has 4 fully saturated rings. The van der Waals surface area contributed by atoms with E-state index >= 15 is 0 Å². The zero-order chi connectivity index (χ0) is 26.3. The molecule has 2 saturated heterocycles. The minimum Gasteiger partial charge on any atom is -0.477 e. The molecular weight excluding hydrogens is 490 g/mol. The summed E-state index contributed by atoms with van der Waals surface area (Å²) in [4.78, 5) is 29.7. The van der Waals surface area contributed by atoms with Crippen LogP contribution in [0.25, 0.3) is 0 Å². The zero-order valence-corrected chi connectivity index (χ0v) is 23.6. The first-order chi connectivity index (χ1) is 17.6. The minimum atomic E-state index is -0.947. The monoisotopic (exact) mass is 533 g/mol. The number of nitrogens with zero attached hydrogens (tertiary/aromatic N) is 1. The topological polar surface area (TPSA) is 85.3 Å². The highest BCUT2D eigenvalue weighted by molar-refractivity contribution is 7.14. The Balaban J connectivity index is 1.35. The predicted molar refractivity (Wildman–Crippen MR) is 143 cm³/mol. The van der Waals surface area contributed by atoms with Crippen molar-refractivity contribution in [2.45, 2.75) is 115 Å². The van der Waals surface area contributed by atoms with Gasteiger partial charge in [-0.15, -0.1) is 11.3 Å². The molecule has 2 aliphatic heterocycles. The number of ether oxygens (including phenoxy) is 3. The van der Waals surface area contributed by atoms with E-state index < -0.39 is 5.97 Å². The first-order valence-electron chi connectivity index (χ1n) is 14.2. The molecule has 0 spiro atoms. The number of carboxylic acid groups (broad SMARTS) is 1. The number of amides is 1. The number of carboxylic acids is 1. The fraction of sp³-hybridized carbons (Fsp3) is 0.793. The molecule has 2 aliphatic carbocycles. The van der Waals surface area contributed by atoms with Crippen LogP contribution in [0.4, 0.5) is 5.69 Å². The molecule has 0 bridgehead atoms. The van der Waals surface area contributed by atoms with Gasteiger partial charge in [0.2, 0.25) is 5.91 Å². The average molecular weight is 534 g/mol. The predicted octanol–water partition coefficient (Wildman–Crippen LogP) is 5.99. The highest BCUT2D eigenvalue weighted by Gasteiger charge is 2.44. The van der Waals surface area contributed by atoms with Crippen LogP contribution in [0.5, 0.6) is 0 Å². The van der Waals surface area contributed by atoms with E-state index in [4.69, 9.17) is 14.2 Å². The normalized spacial score (nSPS) is 34.3. The Kier molecular flexibility index (Phi) is 8.02. The first kappa shape index (κ1) is 27.1. The van der Waals surface area contributed by atoms with E-state index in [1.54, 1.807) is 0 Å². The van der Waals surface area contributed by atoms with Crippen molar-refractivity contribution in [1.29, 1.82) is 0 Å². The van der Waals surface area contributed by atoms with E-state index in [-0.39, 0.29) is 46.7 Å². The van der Waals surface area contributed by atoms with Gasteiger partial charge in [-0.1, -0.05) is 27.7 Å². The molecule has 0 unspecified atom stereocenters. The van der Waals surface area contributed by atoms with Crippen molar-refractivity contribution in [3.8, 4) is 0 Å². The van der Waals surface area contributed by atoms with Crippen LogP contribution in [0.15, 0.2) is 6.07 Å². The molecule has 0 radical (unpaired) electrons. The molecule has 3 atom stereocenters. The van der Waals surface area contributed by atoms with Crippen LogP contribution in [-0.4, -0.2) is 54.7 Å². The number of rotatable bonds is 6. The fourth-order valence-corrected chi connectivity index (χ4v) is 7.58. The minimum absolute atomic E-state index is 0.00499. The number of fused-ring (bicyclic) bond motifs is 1. The summed E-state index contributed by atoms with van der Waals surface area (Å²) in [5, 5.41) is 10.1. The van der Waals surface area contributed by atoms with Crippen LogP contribution in [0.3, 0.4) is 0 Å². The Labute approximate surface area is 224 Å². The van der Waals surface area contributed by atoms with Crippen molar-refractivity contribution >= 4 is 28.9 Å². The van der Waals surface area contributed by atoms with Gasteiger partial charge in [0, 0.05) is 22.8 Å². The summed E-state index contributed by atoms with van der Waals surface area (Å²) in [6.07, 6.45) is 8.36. The van der Waals surface area contributed by atoms with Crippen LogP contribution < -0.4 is 4.90 Å². The third kappa shape index (κ3) is 5.77. The van der Waals surface area contributed by atoms with Crippen molar-refractivity contribution in [2.24, 2.45) is 17.8 Å². The maximum Gasteiger partial charge on any atom is 0.348 e. The van der Waals surface area contributed by atoms with Gasteiger partial charge in [-0.2, -0.15) is 0 Å². The summed E-state index contributed by atoms with van der Waals surface area (Å²) >= 11 is 1.32. The lowest BCUT2D eigenvalue weighted by atomic mass is 9.81. The summed E-state index contributed by atoms with van der Waals surface area (Å²) in [5.41, 5.74) is 0.421. The Bertz CT molecular complexity index is 970. The lowest BCUT2D eigenvalue weighted by molar-refractivity contribution is -0.124. The Morgan fingerprint density at radius 2 is 1.73 bits per heavy atom. The van der Waals surface area contributed by atoms with Gasteiger partial charge in [0.15, 0.2) is 6.29 Å². The van der Waals surface area contributed by atoms with E-state index in [0.717, 1.165) is 69.3 Å². The molecule has 4 aliphatic rings. The Hall–Kier alpha value is -1.48. The Morgan fingerprint density at radius 1 is 1.03 bits per heavy atom. The second kappa shape index (κ2) is 10.9. The van der Waals surface area contributed by atoms with Crippen molar-refractivity contribution in [3.05, 3.63) is 15.8 Å². The third-order valence-corrected chi connectivity index (χ3v) is 10.4. The van der Waals surface area contributed by atoms with E-state index in [1.807, 2.05) is 11.0 Å². The van der Waals surface area contributed by atoms with Crippen molar-refractivity contribution in [2.75, 3.05) is 18.1 Å². The summed E-state index contributed by atoms with van der Waals surface area (Å²) in [7, 11) is 0. The van der Waals surface area contributed by atoms with Crippen LogP contribution in [0.1, 0.15) is 100 Å². The summed E-state index contributed by atoms with van der Waals surface area (Å²) in [6.45, 7) is 9.87. The molecule has 3 heterocycles. The average Bonchev–Trinajstić information content (AvgIpc) is 3.58. The summed E-state index contributed by atoms with van der Waals surface area (Å²) in [5.74, 6) is 0.117. The van der Waals surface area contributed by atoms with Gasteiger partial charge in [-0.3, -0.25) is 4.79 Å². The fourth-order valence-electron chi connectivity index (χ4n) is 6.54. The van der Waals surface area contributed by atoms with Crippen molar-refractivity contribution in [1.82, 2.24) is 0 Å². The molecule has 206 valence electrons. The van der Waals surface area contributed by atoms with Gasteiger partial charge in [0.1, 0.15) is 4.88 Å². The summed E-state index contributed by atoms with van der Waals surface area (Å²) < 4.78 is 17.9. The van der Waals surface area contributed by atoms with Crippen LogP contribution in [0, 0.1) is 17.8 Å². The number of carbonyl (C=O) groups is 2. The molecule has 0 aromatic carbocycles. The number of hydrogen-bond donors (Lipinski definition) is 1. The molecule has 5 rings (SSSR count). The van der Waals surface area contributed by atoms with Crippen LogP contribution in [-0.2, 0) is 24.4 Å². The quantitative estimate of drug-likeness (QED) is 0.483. The van der Waals surface area contributed by atoms with Gasteiger partial charge in [-0.05, 0) is 75.2 Å². The maximum atomic E-state index is 14.1. The van der Waals surface area contributed by atoms with Gasteiger partial charge >= 0.3 is 5.97 Å². The smallest absolute Gasteiger partial charge is 0.348 e. The molecule has 7 nitrogen and oxygen atoms in total. The van der Waals surface area contributed by atoms with E-state index in [1.165, 1.54) is 11.3 Å². The highest BCUT2D eigenvalue weighted by atomic mass is 32.1. The SMILES string of the molecule is CC(C)(C)c1cc(N(C(=O)[C@H]2CC[C@H](C)CC2)[C@H]2CC[C@H](O[C@@H]3CO[C@H]4OCC[C@H]43)CC2)c(C(=O)O)s1. The van der Waals surface area contributed by atoms with Gasteiger partial charge in [0.05, 0.1) is 31.1 Å².